The summed E-state index contributed by atoms with van der Waals surface area (Å²) >= 11 is 0. The molecule has 2 aromatic carbocycles. The number of hydrogen-bond acceptors (Lipinski definition) is 5. The molecule has 0 radical (unpaired) electrons. The van der Waals surface area contributed by atoms with E-state index >= 15 is 0 Å². The van der Waals surface area contributed by atoms with Crippen LogP contribution in [0.4, 0.5) is 14.5 Å². The highest BCUT2D eigenvalue weighted by atomic mass is 32.2. The summed E-state index contributed by atoms with van der Waals surface area (Å²) in [7, 11) is -3.76. The highest BCUT2D eigenvalue weighted by Crippen LogP contribution is 2.24. The summed E-state index contributed by atoms with van der Waals surface area (Å²) in [4.78, 5) is 24.3. The number of piperidine rings is 1. The molecule has 3 rings (SSSR count). The zero-order valence-corrected chi connectivity index (χ0v) is 17.7. The Labute approximate surface area is 179 Å². The molecular weight excluding hydrogens is 430 g/mol. The second kappa shape index (κ2) is 9.52. The van der Waals surface area contributed by atoms with Crippen molar-refractivity contribution in [3.8, 4) is 0 Å². The van der Waals surface area contributed by atoms with E-state index in [1.807, 2.05) is 0 Å². The van der Waals surface area contributed by atoms with Gasteiger partial charge in [-0.15, -0.1) is 0 Å². The minimum atomic E-state index is -3.76. The maximum Gasteiger partial charge on any atom is 0.338 e. The molecule has 0 aromatic heterocycles. The van der Waals surface area contributed by atoms with E-state index in [1.165, 1.54) is 22.5 Å². The average Bonchev–Trinajstić information content (AvgIpc) is 2.75. The van der Waals surface area contributed by atoms with Crippen LogP contribution in [-0.2, 0) is 19.6 Å². The SMILES string of the molecule is Cc1ccc(C(=O)OCC(=O)Nc2ccc(F)cc2F)cc1S(=O)(=O)N1CCCCC1. The van der Waals surface area contributed by atoms with E-state index in [0.29, 0.717) is 24.7 Å². The van der Waals surface area contributed by atoms with Gasteiger partial charge in [-0.3, -0.25) is 4.79 Å². The number of anilines is 1. The number of carbonyl (C=O) groups is 2. The molecule has 1 heterocycles. The van der Waals surface area contributed by atoms with Gasteiger partial charge in [0.15, 0.2) is 6.61 Å². The summed E-state index contributed by atoms with van der Waals surface area (Å²) in [5, 5.41) is 2.17. The fourth-order valence-electron chi connectivity index (χ4n) is 3.24. The second-order valence-electron chi connectivity index (χ2n) is 7.19. The molecule has 166 valence electrons. The number of sulfonamides is 1. The number of esters is 1. The Morgan fingerprint density at radius 3 is 2.45 bits per heavy atom. The Bertz CT molecular complexity index is 1100. The van der Waals surface area contributed by atoms with Crippen LogP contribution in [0.3, 0.4) is 0 Å². The predicted octanol–water partition coefficient (Wildman–Crippen LogP) is 3.24. The number of nitrogens with zero attached hydrogens (tertiary/aromatic N) is 1. The molecule has 10 heteroatoms. The van der Waals surface area contributed by atoms with Gasteiger partial charge in [-0.1, -0.05) is 12.5 Å². The minimum Gasteiger partial charge on any atom is -0.452 e. The fraction of sp³-hybridized carbons (Fsp3) is 0.333. The third-order valence-electron chi connectivity index (χ3n) is 4.90. The van der Waals surface area contributed by atoms with Gasteiger partial charge in [-0.25, -0.2) is 22.0 Å². The normalized spacial score (nSPS) is 14.8. The van der Waals surface area contributed by atoms with Crippen LogP contribution in [0.1, 0.15) is 35.2 Å². The molecule has 0 atom stereocenters. The lowest BCUT2D eigenvalue weighted by atomic mass is 10.1. The van der Waals surface area contributed by atoms with Crippen LogP contribution in [0.5, 0.6) is 0 Å². The van der Waals surface area contributed by atoms with Gasteiger partial charge in [0.2, 0.25) is 10.0 Å². The van der Waals surface area contributed by atoms with E-state index in [1.54, 1.807) is 6.92 Å². The first-order chi connectivity index (χ1) is 14.7. The molecule has 0 bridgehead atoms. The van der Waals surface area contributed by atoms with Crippen LogP contribution in [0.2, 0.25) is 0 Å². The van der Waals surface area contributed by atoms with Crippen LogP contribution >= 0.6 is 0 Å². The molecule has 0 spiro atoms. The first kappa shape index (κ1) is 22.8. The van der Waals surface area contributed by atoms with Crippen molar-refractivity contribution in [3.63, 3.8) is 0 Å². The van der Waals surface area contributed by atoms with Crippen molar-refractivity contribution in [2.24, 2.45) is 0 Å². The Morgan fingerprint density at radius 1 is 1.06 bits per heavy atom. The van der Waals surface area contributed by atoms with Gasteiger partial charge >= 0.3 is 5.97 Å². The molecule has 1 fully saturated rings. The summed E-state index contributed by atoms with van der Waals surface area (Å²) in [6, 6.07) is 6.77. The van der Waals surface area contributed by atoms with E-state index in [2.05, 4.69) is 5.32 Å². The Morgan fingerprint density at radius 2 is 1.77 bits per heavy atom. The van der Waals surface area contributed by atoms with Crippen molar-refractivity contribution in [2.75, 3.05) is 25.0 Å². The number of carbonyl (C=O) groups excluding carboxylic acids is 2. The first-order valence-electron chi connectivity index (χ1n) is 9.71. The molecule has 7 nitrogen and oxygen atoms in total. The monoisotopic (exact) mass is 452 g/mol. The number of nitrogens with one attached hydrogen (secondary N) is 1. The maximum absolute atomic E-state index is 13.6. The van der Waals surface area contributed by atoms with Crippen molar-refractivity contribution in [1.82, 2.24) is 4.31 Å². The topological polar surface area (TPSA) is 92.8 Å². The van der Waals surface area contributed by atoms with Gasteiger partial charge in [0.1, 0.15) is 11.6 Å². The molecule has 2 aromatic rings. The number of rotatable bonds is 6. The van der Waals surface area contributed by atoms with E-state index in [4.69, 9.17) is 4.74 Å². The van der Waals surface area contributed by atoms with E-state index in [0.717, 1.165) is 31.4 Å². The molecule has 1 amide bonds. The summed E-state index contributed by atoms with van der Waals surface area (Å²) in [6.07, 6.45) is 2.54. The molecule has 31 heavy (non-hydrogen) atoms. The average molecular weight is 452 g/mol. The number of halogens is 2. The van der Waals surface area contributed by atoms with Crippen molar-refractivity contribution in [2.45, 2.75) is 31.1 Å². The smallest absolute Gasteiger partial charge is 0.338 e. The highest BCUT2D eigenvalue weighted by molar-refractivity contribution is 7.89. The van der Waals surface area contributed by atoms with E-state index < -0.39 is 40.1 Å². The van der Waals surface area contributed by atoms with Gasteiger partial charge in [0, 0.05) is 19.2 Å². The second-order valence-corrected chi connectivity index (χ2v) is 9.10. The predicted molar refractivity (Wildman–Crippen MR) is 109 cm³/mol. The van der Waals surface area contributed by atoms with Crippen molar-refractivity contribution in [1.29, 1.82) is 0 Å². The lowest BCUT2D eigenvalue weighted by Crippen LogP contribution is -2.36. The Balaban J connectivity index is 1.68. The number of hydrogen-bond donors (Lipinski definition) is 1. The molecule has 0 saturated carbocycles. The Hall–Kier alpha value is -2.85. The van der Waals surface area contributed by atoms with Gasteiger partial charge in [-0.2, -0.15) is 4.31 Å². The molecule has 0 aliphatic carbocycles. The van der Waals surface area contributed by atoms with Crippen LogP contribution < -0.4 is 5.32 Å². The van der Waals surface area contributed by atoms with E-state index in [9.17, 15) is 26.8 Å². The fourth-order valence-corrected chi connectivity index (χ4v) is 5.01. The quantitative estimate of drug-likeness (QED) is 0.680. The summed E-state index contributed by atoms with van der Waals surface area (Å²) in [5.41, 5.74) is 0.210. The maximum atomic E-state index is 13.6. The molecule has 0 unspecified atom stereocenters. The third kappa shape index (κ3) is 5.45. The van der Waals surface area contributed by atoms with Crippen LogP contribution in [-0.4, -0.2) is 44.3 Å². The van der Waals surface area contributed by atoms with Crippen molar-refractivity contribution < 1.29 is 31.5 Å². The van der Waals surface area contributed by atoms with Crippen molar-refractivity contribution in [3.05, 3.63) is 59.2 Å². The first-order valence-corrected chi connectivity index (χ1v) is 11.2. The van der Waals surface area contributed by atoms with Gasteiger partial charge in [0.05, 0.1) is 16.1 Å². The number of ether oxygens (including phenoxy) is 1. The Kier molecular flexibility index (Phi) is 7.01. The summed E-state index contributed by atoms with van der Waals surface area (Å²) in [5.74, 6) is -3.49. The lowest BCUT2D eigenvalue weighted by Gasteiger charge is -2.26. The molecule has 1 saturated heterocycles. The standard InChI is InChI=1S/C21H22F2N2O5S/c1-14-5-6-15(11-19(14)31(28,29)25-9-3-2-4-10-25)21(27)30-13-20(26)24-18-8-7-16(22)12-17(18)23/h5-8,11-12H,2-4,9-10,13H2,1H3,(H,24,26). The van der Waals surface area contributed by atoms with Gasteiger partial charge < -0.3 is 10.1 Å². The van der Waals surface area contributed by atoms with Gasteiger partial charge in [0.25, 0.3) is 5.91 Å². The van der Waals surface area contributed by atoms with Crippen molar-refractivity contribution >= 4 is 27.6 Å². The van der Waals surface area contributed by atoms with Crippen LogP contribution in [0.15, 0.2) is 41.3 Å². The summed E-state index contributed by atoms with van der Waals surface area (Å²) < 4.78 is 58.8. The molecule has 1 N–H and O–H groups in total. The van der Waals surface area contributed by atoms with E-state index in [-0.39, 0.29) is 16.1 Å². The third-order valence-corrected chi connectivity index (χ3v) is 6.94. The number of amides is 1. The van der Waals surface area contributed by atoms with Crippen LogP contribution in [0, 0.1) is 18.6 Å². The molecular formula is C21H22F2N2O5S. The zero-order chi connectivity index (χ0) is 22.6. The summed E-state index contributed by atoms with van der Waals surface area (Å²) in [6.45, 7) is 1.77. The molecule has 1 aliphatic heterocycles. The zero-order valence-electron chi connectivity index (χ0n) is 16.9. The minimum absolute atomic E-state index is 0.0154. The highest BCUT2D eigenvalue weighted by Gasteiger charge is 2.28. The van der Waals surface area contributed by atoms with Gasteiger partial charge in [-0.05, 0) is 49.6 Å². The number of benzene rings is 2. The van der Waals surface area contributed by atoms with Crippen LogP contribution in [0.25, 0.3) is 0 Å². The number of aryl methyl sites for hydroxylation is 1. The largest absolute Gasteiger partial charge is 0.452 e. The lowest BCUT2D eigenvalue weighted by molar-refractivity contribution is -0.119. The molecule has 1 aliphatic rings.